The summed E-state index contributed by atoms with van der Waals surface area (Å²) < 4.78 is 10.4. The Labute approximate surface area is 148 Å². The van der Waals surface area contributed by atoms with E-state index >= 15 is 0 Å². The molecule has 5 nitrogen and oxygen atoms in total. The minimum atomic E-state index is -0.435. The van der Waals surface area contributed by atoms with Crippen molar-refractivity contribution in [3.05, 3.63) is 58.1 Å². The van der Waals surface area contributed by atoms with Gasteiger partial charge in [-0.25, -0.2) is 4.79 Å². The summed E-state index contributed by atoms with van der Waals surface area (Å²) >= 11 is 0. The zero-order valence-corrected chi connectivity index (χ0v) is 15.2. The molecular weight excluding hydrogens is 318 g/mol. The van der Waals surface area contributed by atoms with Crippen molar-refractivity contribution in [2.75, 3.05) is 19.0 Å². The normalized spacial score (nSPS) is 10.3. The van der Waals surface area contributed by atoms with Gasteiger partial charge in [0.05, 0.1) is 12.7 Å². The smallest absolute Gasteiger partial charge is 0.338 e. The average molecular weight is 341 g/mol. The van der Waals surface area contributed by atoms with Crippen LogP contribution in [0.15, 0.2) is 30.3 Å². The highest BCUT2D eigenvalue weighted by molar-refractivity contribution is 5.97. The lowest BCUT2D eigenvalue weighted by molar-refractivity contribution is -0.118. The van der Waals surface area contributed by atoms with Gasteiger partial charge >= 0.3 is 5.97 Å². The van der Waals surface area contributed by atoms with E-state index in [9.17, 15) is 9.59 Å². The van der Waals surface area contributed by atoms with Gasteiger partial charge in [0.15, 0.2) is 6.61 Å². The summed E-state index contributed by atoms with van der Waals surface area (Å²) in [5, 5.41) is 2.78. The van der Waals surface area contributed by atoms with Crippen molar-refractivity contribution in [1.82, 2.24) is 0 Å². The third kappa shape index (κ3) is 4.38. The second kappa shape index (κ2) is 7.83. The Morgan fingerprint density at radius 2 is 1.76 bits per heavy atom. The molecule has 5 heteroatoms. The molecule has 1 amide bonds. The van der Waals surface area contributed by atoms with Crippen LogP contribution in [0.25, 0.3) is 0 Å². The van der Waals surface area contributed by atoms with Crippen LogP contribution in [0.3, 0.4) is 0 Å². The molecule has 25 heavy (non-hydrogen) atoms. The number of carbonyl (C=O) groups is 2. The third-order valence-corrected chi connectivity index (χ3v) is 4.14. The van der Waals surface area contributed by atoms with Gasteiger partial charge in [0.25, 0.3) is 5.91 Å². The zero-order valence-electron chi connectivity index (χ0n) is 15.2. The summed E-state index contributed by atoms with van der Waals surface area (Å²) in [4.78, 5) is 23.9. The van der Waals surface area contributed by atoms with Gasteiger partial charge in [0.1, 0.15) is 5.75 Å². The Kier molecular flexibility index (Phi) is 5.80. The first-order valence-electron chi connectivity index (χ1n) is 8.02. The molecule has 0 unspecified atom stereocenters. The lowest BCUT2D eigenvalue weighted by atomic mass is 10.1. The first kappa shape index (κ1) is 18.5. The monoisotopic (exact) mass is 341 g/mol. The van der Waals surface area contributed by atoms with Gasteiger partial charge in [-0.2, -0.15) is 0 Å². The number of rotatable bonds is 5. The molecule has 0 heterocycles. The number of anilines is 1. The maximum absolute atomic E-state index is 12.2. The van der Waals surface area contributed by atoms with Crippen molar-refractivity contribution in [3.63, 3.8) is 0 Å². The molecule has 1 N–H and O–H groups in total. The molecule has 0 spiro atoms. The van der Waals surface area contributed by atoms with Crippen LogP contribution in [0.2, 0.25) is 0 Å². The predicted octanol–water partition coefficient (Wildman–Crippen LogP) is 3.72. The molecule has 0 fully saturated rings. The second-order valence-electron chi connectivity index (χ2n) is 6.01. The molecular formula is C20H23NO4. The molecule has 0 aliphatic heterocycles. The second-order valence-corrected chi connectivity index (χ2v) is 6.01. The lowest BCUT2D eigenvalue weighted by Crippen LogP contribution is -2.21. The fourth-order valence-electron chi connectivity index (χ4n) is 2.58. The fraction of sp³-hybridized carbons (Fsp3) is 0.300. The van der Waals surface area contributed by atoms with Gasteiger partial charge in [0, 0.05) is 5.69 Å². The quantitative estimate of drug-likeness (QED) is 0.842. The molecule has 0 radical (unpaired) electrons. The number of hydrogen-bond donors (Lipinski definition) is 1. The molecule has 0 atom stereocenters. The number of ether oxygens (including phenoxy) is 2. The molecule has 0 saturated carbocycles. The van der Waals surface area contributed by atoms with Gasteiger partial charge in [-0.15, -0.1) is 0 Å². The summed E-state index contributed by atoms with van der Waals surface area (Å²) in [7, 11) is 1.33. The van der Waals surface area contributed by atoms with Crippen LogP contribution in [-0.4, -0.2) is 25.6 Å². The van der Waals surface area contributed by atoms with Crippen LogP contribution >= 0.6 is 0 Å². The maximum Gasteiger partial charge on any atom is 0.338 e. The van der Waals surface area contributed by atoms with Crippen LogP contribution in [0.5, 0.6) is 5.75 Å². The molecule has 2 aromatic carbocycles. The van der Waals surface area contributed by atoms with Gasteiger partial charge in [-0.1, -0.05) is 12.1 Å². The van der Waals surface area contributed by atoms with E-state index < -0.39 is 5.97 Å². The molecule has 0 saturated heterocycles. The van der Waals surface area contributed by atoms with E-state index in [1.54, 1.807) is 25.1 Å². The van der Waals surface area contributed by atoms with Crippen molar-refractivity contribution in [3.8, 4) is 5.75 Å². The van der Waals surface area contributed by atoms with E-state index in [0.717, 1.165) is 16.7 Å². The van der Waals surface area contributed by atoms with Crippen molar-refractivity contribution >= 4 is 17.6 Å². The Morgan fingerprint density at radius 1 is 1.04 bits per heavy atom. The topological polar surface area (TPSA) is 64.6 Å². The molecule has 2 aromatic rings. The number of methoxy groups -OCH3 is 1. The van der Waals surface area contributed by atoms with E-state index in [0.29, 0.717) is 22.6 Å². The Hall–Kier alpha value is -2.82. The lowest BCUT2D eigenvalue weighted by Gasteiger charge is -2.14. The van der Waals surface area contributed by atoms with Gasteiger partial charge in [-0.05, 0) is 68.1 Å². The molecule has 0 aliphatic carbocycles. The average Bonchev–Trinajstić information content (AvgIpc) is 2.58. The van der Waals surface area contributed by atoms with Crippen molar-refractivity contribution < 1.29 is 19.1 Å². The highest BCUT2D eigenvalue weighted by Crippen LogP contribution is 2.23. The van der Waals surface area contributed by atoms with Crippen molar-refractivity contribution in [2.45, 2.75) is 27.7 Å². The predicted molar refractivity (Wildman–Crippen MR) is 97.3 cm³/mol. The Balaban J connectivity index is 2.08. The SMILES string of the molecule is COC(=O)c1cccc(NC(=O)COc2cc(C)cc(C)c2C)c1C. The van der Waals surface area contributed by atoms with Crippen molar-refractivity contribution in [2.24, 2.45) is 0 Å². The van der Waals surface area contributed by atoms with Crippen LogP contribution in [0.4, 0.5) is 5.69 Å². The Morgan fingerprint density at radius 3 is 2.44 bits per heavy atom. The highest BCUT2D eigenvalue weighted by atomic mass is 16.5. The number of benzene rings is 2. The fourth-order valence-corrected chi connectivity index (χ4v) is 2.58. The minimum Gasteiger partial charge on any atom is -0.483 e. The maximum atomic E-state index is 12.2. The first-order valence-corrected chi connectivity index (χ1v) is 8.02. The number of esters is 1. The van der Waals surface area contributed by atoms with E-state index in [-0.39, 0.29) is 12.5 Å². The molecule has 132 valence electrons. The number of hydrogen-bond acceptors (Lipinski definition) is 4. The van der Waals surface area contributed by atoms with Crippen LogP contribution in [0.1, 0.15) is 32.6 Å². The van der Waals surface area contributed by atoms with E-state index in [1.807, 2.05) is 26.8 Å². The summed E-state index contributed by atoms with van der Waals surface area (Å²) in [6.07, 6.45) is 0. The van der Waals surface area contributed by atoms with Gasteiger partial charge < -0.3 is 14.8 Å². The van der Waals surface area contributed by atoms with E-state index in [4.69, 9.17) is 9.47 Å². The van der Waals surface area contributed by atoms with Crippen LogP contribution in [-0.2, 0) is 9.53 Å². The van der Waals surface area contributed by atoms with Gasteiger partial charge in [0.2, 0.25) is 0 Å². The summed E-state index contributed by atoms with van der Waals surface area (Å²) in [6.45, 7) is 7.62. The highest BCUT2D eigenvalue weighted by Gasteiger charge is 2.14. The molecule has 0 aliphatic rings. The van der Waals surface area contributed by atoms with E-state index in [2.05, 4.69) is 11.4 Å². The van der Waals surface area contributed by atoms with Crippen LogP contribution < -0.4 is 10.1 Å². The van der Waals surface area contributed by atoms with Gasteiger partial charge in [-0.3, -0.25) is 4.79 Å². The van der Waals surface area contributed by atoms with E-state index in [1.165, 1.54) is 7.11 Å². The minimum absolute atomic E-state index is 0.106. The zero-order chi connectivity index (χ0) is 18.6. The largest absolute Gasteiger partial charge is 0.483 e. The third-order valence-electron chi connectivity index (χ3n) is 4.14. The van der Waals surface area contributed by atoms with Crippen LogP contribution in [0, 0.1) is 27.7 Å². The molecule has 0 aromatic heterocycles. The summed E-state index contributed by atoms with van der Waals surface area (Å²) in [6, 6.07) is 9.08. The number of aryl methyl sites for hydroxylation is 2. The molecule has 0 bridgehead atoms. The first-order chi connectivity index (χ1) is 11.8. The number of carbonyl (C=O) groups excluding carboxylic acids is 2. The summed E-state index contributed by atoms with van der Waals surface area (Å²) in [5.74, 6) is -0.0212. The Bertz CT molecular complexity index is 812. The number of nitrogens with one attached hydrogen (secondary N) is 1. The number of amides is 1. The molecule has 2 rings (SSSR count). The summed E-state index contributed by atoms with van der Waals surface area (Å²) in [5.41, 5.74) is 4.87. The van der Waals surface area contributed by atoms with Crippen molar-refractivity contribution in [1.29, 1.82) is 0 Å². The standard InChI is InChI=1S/C20H23NO4/c1-12-9-13(2)14(3)18(10-12)25-11-19(22)21-17-8-6-7-16(15(17)4)20(23)24-5/h6-10H,11H2,1-5H3,(H,21,22).